The summed E-state index contributed by atoms with van der Waals surface area (Å²) in [6.07, 6.45) is 2.65. The molecule has 1 saturated heterocycles. The van der Waals surface area contributed by atoms with Gasteiger partial charge in [-0.1, -0.05) is 51.1 Å². The lowest BCUT2D eigenvalue weighted by molar-refractivity contribution is -0.141. The smallest absolute Gasteiger partial charge is 0.226 e. The van der Waals surface area contributed by atoms with Crippen molar-refractivity contribution in [3.05, 3.63) is 47.3 Å². The van der Waals surface area contributed by atoms with E-state index in [1.807, 2.05) is 4.90 Å². The lowest BCUT2D eigenvalue weighted by Gasteiger charge is -2.41. The summed E-state index contributed by atoms with van der Waals surface area (Å²) in [5, 5.41) is 4.96. The molecule has 1 aromatic carbocycles. The number of hydrogen-bond donors (Lipinski definition) is 1. The van der Waals surface area contributed by atoms with E-state index in [2.05, 4.69) is 67.9 Å². The lowest BCUT2D eigenvalue weighted by atomic mass is 9.72. The monoisotopic (exact) mass is 412 g/mol. The van der Waals surface area contributed by atoms with E-state index in [0.717, 1.165) is 0 Å². The van der Waals surface area contributed by atoms with Gasteiger partial charge in [0.1, 0.15) is 0 Å². The summed E-state index contributed by atoms with van der Waals surface area (Å²) in [6, 6.07) is 12.7. The van der Waals surface area contributed by atoms with E-state index in [9.17, 15) is 9.59 Å². The molecule has 1 aromatic heterocycles. The van der Waals surface area contributed by atoms with Gasteiger partial charge in [0.05, 0.1) is 5.41 Å². The molecule has 0 aliphatic carbocycles. The predicted molar refractivity (Wildman–Crippen MR) is 120 cm³/mol. The van der Waals surface area contributed by atoms with Crippen molar-refractivity contribution in [3.8, 4) is 10.4 Å². The van der Waals surface area contributed by atoms with Crippen LogP contribution in [0.25, 0.3) is 10.4 Å². The molecule has 2 heterocycles. The van der Waals surface area contributed by atoms with E-state index in [4.69, 9.17) is 0 Å². The third-order valence-electron chi connectivity index (χ3n) is 5.74. The van der Waals surface area contributed by atoms with Crippen LogP contribution in [0.15, 0.2) is 41.8 Å². The lowest BCUT2D eigenvalue weighted by Crippen LogP contribution is -2.51. The highest BCUT2D eigenvalue weighted by Gasteiger charge is 2.42. The van der Waals surface area contributed by atoms with Gasteiger partial charge in [-0.2, -0.15) is 0 Å². The van der Waals surface area contributed by atoms with Crippen LogP contribution in [0.4, 0.5) is 0 Å². The Kier molecular flexibility index (Phi) is 6.47. The summed E-state index contributed by atoms with van der Waals surface area (Å²) in [7, 11) is 1.71. The Morgan fingerprint density at radius 3 is 2.45 bits per heavy atom. The molecule has 0 radical (unpaired) electrons. The first kappa shape index (κ1) is 21.6. The van der Waals surface area contributed by atoms with Gasteiger partial charge in [-0.3, -0.25) is 9.59 Å². The first-order valence-electron chi connectivity index (χ1n) is 10.4. The molecule has 4 nitrogen and oxygen atoms in total. The predicted octanol–water partition coefficient (Wildman–Crippen LogP) is 4.75. The number of benzene rings is 1. The van der Waals surface area contributed by atoms with Gasteiger partial charge in [0.2, 0.25) is 11.8 Å². The third-order valence-corrected chi connectivity index (χ3v) is 6.66. The van der Waals surface area contributed by atoms with Crippen molar-refractivity contribution in [1.82, 2.24) is 10.2 Å². The molecule has 0 atom stereocenters. The average molecular weight is 413 g/mol. The molecule has 1 aliphatic heterocycles. The van der Waals surface area contributed by atoms with Crippen LogP contribution >= 0.6 is 11.3 Å². The maximum absolute atomic E-state index is 12.9. The number of piperidine rings is 1. The second-order valence-corrected chi connectivity index (χ2v) is 10.3. The molecule has 1 N–H and O–H groups in total. The fourth-order valence-corrected chi connectivity index (χ4v) is 4.89. The Morgan fingerprint density at radius 2 is 1.86 bits per heavy atom. The molecule has 3 rings (SSSR count). The van der Waals surface area contributed by atoms with E-state index >= 15 is 0 Å². The van der Waals surface area contributed by atoms with Crippen LogP contribution in [0, 0.1) is 10.8 Å². The van der Waals surface area contributed by atoms with Crippen LogP contribution in [-0.4, -0.2) is 36.9 Å². The van der Waals surface area contributed by atoms with Gasteiger partial charge >= 0.3 is 0 Å². The number of hydrogen-bond acceptors (Lipinski definition) is 3. The molecule has 156 valence electrons. The van der Waals surface area contributed by atoms with Gasteiger partial charge in [-0.05, 0) is 47.3 Å². The Morgan fingerprint density at radius 1 is 1.14 bits per heavy atom. The molecular formula is C24H32N2O2S. The van der Waals surface area contributed by atoms with Crippen LogP contribution in [0.1, 0.15) is 45.6 Å². The van der Waals surface area contributed by atoms with Gasteiger partial charge in [0.15, 0.2) is 0 Å². The first-order chi connectivity index (χ1) is 13.7. The molecule has 5 heteroatoms. The molecule has 0 unspecified atom stereocenters. The minimum atomic E-state index is -0.457. The van der Waals surface area contributed by atoms with Crippen LogP contribution in [0.3, 0.4) is 0 Å². The number of nitrogens with one attached hydrogen (secondary N) is 1. The summed E-state index contributed by atoms with van der Waals surface area (Å²) in [6.45, 7) is 7.55. The third kappa shape index (κ3) is 5.27. The van der Waals surface area contributed by atoms with E-state index in [0.29, 0.717) is 38.8 Å². The minimum absolute atomic E-state index is 0.0192. The summed E-state index contributed by atoms with van der Waals surface area (Å²) < 4.78 is 0. The first-order valence-corrected chi connectivity index (χ1v) is 11.2. The quantitative estimate of drug-likeness (QED) is 0.770. The number of carbonyl (C=O) groups excluding carboxylic acids is 2. The van der Waals surface area contributed by atoms with Crippen molar-refractivity contribution in [1.29, 1.82) is 0 Å². The Balaban J connectivity index is 1.75. The minimum Gasteiger partial charge on any atom is -0.359 e. The van der Waals surface area contributed by atoms with Crippen molar-refractivity contribution in [2.75, 3.05) is 20.1 Å². The normalized spacial score (nSPS) is 16.5. The molecule has 2 aromatic rings. The second kappa shape index (κ2) is 8.70. The standard InChI is InChI=1S/C24H32N2O2S/c1-23(2,3)17-21(27)26-12-10-24(11-13-26,22(28)25-4)16-18-7-5-8-19(15-18)20-9-6-14-29-20/h5-9,14-15H,10-13,16-17H2,1-4H3,(H,25,28). The average Bonchev–Trinajstić information content (AvgIpc) is 3.21. The topological polar surface area (TPSA) is 49.4 Å². The SMILES string of the molecule is CNC(=O)C1(Cc2cccc(-c3cccs3)c2)CCN(C(=O)CC(C)(C)C)CC1. The van der Waals surface area contributed by atoms with E-state index < -0.39 is 5.41 Å². The van der Waals surface area contributed by atoms with E-state index in [1.54, 1.807) is 18.4 Å². The summed E-state index contributed by atoms with van der Waals surface area (Å²) in [5.74, 6) is 0.282. The molecule has 0 saturated carbocycles. The van der Waals surface area contributed by atoms with Crippen LogP contribution in [0.2, 0.25) is 0 Å². The number of carbonyl (C=O) groups is 2. The fourth-order valence-electron chi connectivity index (χ4n) is 4.17. The molecule has 0 spiro atoms. The van der Waals surface area contributed by atoms with E-state index in [-0.39, 0.29) is 17.2 Å². The zero-order chi connectivity index (χ0) is 21.1. The van der Waals surface area contributed by atoms with Crippen molar-refractivity contribution in [2.45, 2.75) is 46.5 Å². The highest BCUT2D eigenvalue weighted by molar-refractivity contribution is 7.13. The van der Waals surface area contributed by atoms with Crippen LogP contribution in [-0.2, 0) is 16.0 Å². The number of amides is 2. The van der Waals surface area contributed by atoms with E-state index in [1.165, 1.54) is 16.0 Å². The van der Waals surface area contributed by atoms with Crippen LogP contribution in [0.5, 0.6) is 0 Å². The zero-order valence-electron chi connectivity index (χ0n) is 18.0. The summed E-state index contributed by atoms with van der Waals surface area (Å²) in [5.41, 5.74) is 1.90. The van der Waals surface area contributed by atoms with Crippen molar-refractivity contribution < 1.29 is 9.59 Å². The molecule has 2 amide bonds. The molecule has 29 heavy (non-hydrogen) atoms. The Bertz CT molecular complexity index is 844. The van der Waals surface area contributed by atoms with Gasteiger partial charge in [-0.15, -0.1) is 11.3 Å². The van der Waals surface area contributed by atoms with Gasteiger partial charge < -0.3 is 10.2 Å². The van der Waals surface area contributed by atoms with Gasteiger partial charge in [0.25, 0.3) is 0 Å². The van der Waals surface area contributed by atoms with Crippen molar-refractivity contribution in [3.63, 3.8) is 0 Å². The number of nitrogens with zero attached hydrogens (tertiary/aromatic N) is 1. The van der Waals surface area contributed by atoms with Crippen LogP contribution < -0.4 is 5.32 Å². The second-order valence-electron chi connectivity index (χ2n) is 9.33. The largest absolute Gasteiger partial charge is 0.359 e. The highest BCUT2D eigenvalue weighted by atomic mass is 32.1. The molecular weight excluding hydrogens is 380 g/mol. The fraction of sp³-hybridized carbons (Fsp3) is 0.500. The number of rotatable bonds is 5. The Labute approximate surface area is 178 Å². The van der Waals surface area contributed by atoms with Crippen molar-refractivity contribution >= 4 is 23.2 Å². The molecule has 0 bridgehead atoms. The van der Waals surface area contributed by atoms with Gasteiger partial charge in [-0.25, -0.2) is 0 Å². The number of likely N-dealkylation sites (tertiary alicyclic amines) is 1. The summed E-state index contributed by atoms with van der Waals surface area (Å²) in [4.78, 5) is 28.7. The summed E-state index contributed by atoms with van der Waals surface area (Å²) >= 11 is 1.73. The molecule has 1 fully saturated rings. The van der Waals surface area contributed by atoms with Gasteiger partial charge in [0, 0.05) is 31.4 Å². The molecule has 1 aliphatic rings. The maximum atomic E-state index is 12.9. The zero-order valence-corrected chi connectivity index (χ0v) is 18.8. The number of thiophene rings is 1. The highest BCUT2D eigenvalue weighted by Crippen LogP contribution is 2.37. The maximum Gasteiger partial charge on any atom is 0.226 e. The van der Waals surface area contributed by atoms with Crippen molar-refractivity contribution in [2.24, 2.45) is 10.8 Å². The Hall–Kier alpha value is -2.14.